The van der Waals surface area contributed by atoms with E-state index in [4.69, 9.17) is 10.5 Å². The monoisotopic (exact) mass is 332 g/mol. The molecule has 1 atom stereocenters. The number of rotatable bonds is 2. The van der Waals surface area contributed by atoms with E-state index in [0.717, 1.165) is 22.5 Å². The summed E-state index contributed by atoms with van der Waals surface area (Å²) in [5.74, 6) is 0.415. The summed E-state index contributed by atoms with van der Waals surface area (Å²) in [5.41, 5.74) is 10.1. The maximum atomic E-state index is 9.61. The molecule has 25 heavy (non-hydrogen) atoms. The van der Waals surface area contributed by atoms with Crippen molar-refractivity contribution in [3.05, 3.63) is 71.3 Å². The first-order chi connectivity index (χ1) is 12.1. The van der Waals surface area contributed by atoms with Crippen molar-refractivity contribution < 1.29 is 4.74 Å². The van der Waals surface area contributed by atoms with Crippen LogP contribution in [0.1, 0.15) is 22.7 Å². The lowest BCUT2D eigenvalue weighted by atomic mass is 9.84. The second-order valence-electron chi connectivity index (χ2n) is 5.91. The van der Waals surface area contributed by atoms with Gasteiger partial charge in [-0.1, -0.05) is 12.1 Å². The van der Waals surface area contributed by atoms with Crippen LogP contribution in [0.25, 0.3) is 5.69 Å². The largest absolute Gasteiger partial charge is 0.422 e. The summed E-state index contributed by atoms with van der Waals surface area (Å²) < 4.78 is 9.22. The van der Waals surface area contributed by atoms with E-state index in [1.165, 1.54) is 0 Å². The first kappa shape index (κ1) is 15.0. The minimum atomic E-state index is -0.292. The van der Waals surface area contributed by atoms with E-state index in [9.17, 15) is 5.26 Å². The predicted molar refractivity (Wildman–Crippen MR) is 90.8 cm³/mol. The Bertz CT molecular complexity index is 1010. The molecule has 1 aliphatic heterocycles. The molecule has 0 saturated heterocycles. The van der Waals surface area contributed by atoms with Crippen molar-refractivity contribution >= 4 is 0 Å². The summed E-state index contributed by atoms with van der Waals surface area (Å²) in [6, 6.07) is 10.2. The molecule has 0 fully saturated rings. The van der Waals surface area contributed by atoms with Crippen LogP contribution in [0.5, 0.6) is 5.88 Å². The molecular weight excluding hydrogens is 316 g/mol. The normalized spacial score (nSPS) is 16.3. The Labute approximate surface area is 144 Å². The van der Waals surface area contributed by atoms with Crippen LogP contribution in [0.15, 0.2) is 54.4 Å². The van der Waals surface area contributed by atoms with E-state index in [0.29, 0.717) is 11.5 Å². The second kappa shape index (κ2) is 5.53. The Morgan fingerprint density at radius 1 is 1.28 bits per heavy atom. The Morgan fingerprint density at radius 2 is 2.04 bits per heavy atom. The smallest absolute Gasteiger partial charge is 0.224 e. The fourth-order valence-corrected chi connectivity index (χ4v) is 3.26. The highest BCUT2D eigenvalue weighted by atomic mass is 16.5. The van der Waals surface area contributed by atoms with Crippen molar-refractivity contribution in [1.82, 2.24) is 19.3 Å². The summed E-state index contributed by atoms with van der Waals surface area (Å²) in [6.45, 7) is 1.91. The number of ether oxygens (including phenoxy) is 1. The molecule has 0 spiro atoms. The fraction of sp³-hybridized carbons (Fsp3) is 0.167. The van der Waals surface area contributed by atoms with E-state index < -0.39 is 0 Å². The maximum absolute atomic E-state index is 9.61. The lowest BCUT2D eigenvalue weighted by molar-refractivity contribution is 0.358. The lowest BCUT2D eigenvalue weighted by Crippen LogP contribution is -2.21. The molecule has 7 heteroatoms. The molecule has 4 rings (SSSR count). The van der Waals surface area contributed by atoms with Crippen molar-refractivity contribution in [2.24, 2.45) is 12.8 Å². The van der Waals surface area contributed by atoms with Gasteiger partial charge >= 0.3 is 0 Å². The van der Waals surface area contributed by atoms with Crippen LogP contribution in [0.3, 0.4) is 0 Å². The SMILES string of the molecule is Cc1nn(C)c2c1C(c1ccc(-n3ccnc3)cc1)C(C#N)=C(N)O2. The first-order valence-corrected chi connectivity index (χ1v) is 7.79. The van der Waals surface area contributed by atoms with Gasteiger partial charge in [0.2, 0.25) is 11.8 Å². The van der Waals surface area contributed by atoms with Gasteiger partial charge in [0.25, 0.3) is 0 Å². The maximum Gasteiger partial charge on any atom is 0.224 e. The Kier molecular flexibility index (Phi) is 3.32. The van der Waals surface area contributed by atoms with E-state index >= 15 is 0 Å². The topological polar surface area (TPSA) is 94.7 Å². The highest BCUT2D eigenvalue weighted by Gasteiger charge is 2.35. The fourth-order valence-electron chi connectivity index (χ4n) is 3.26. The van der Waals surface area contributed by atoms with Crippen molar-refractivity contribution in [2.45, 2.75) is 12.8 Å². The zero-order valence-electron chi connectivity index (χ0n) is 13.8. The van der Waals surface area contributed by atoms with Crippen molar-refractivity contribution in [1.29, 1.82) is 5.26 Å². The number of fused-ring (bicyclic) bond motifs is 1. The summed E-state index contributed by atoms with van der Waals surface area (Å²) in [4.78, 5) is 4.06. The third-order valence-corrected chi connectivity index (χ3v) is 4.41. The number of imidazole rings is 1. The van der Waals surface area contributed by atoms with Crippen LogP contribution < -0.4 is 10.5 Å². The lowest BCUT2D eigenvalue weighted by Gasteiger charge is -2.24. The van der Waals surface area contributed by atoms with Gasteiger partial charge in [-0.25, -0.2) is 9.67 Å². The highest BCUT2D eigenvalue weighted by Crippen LogP contribution is 2.43. The summed E-state index contributed by atoms with van der Waals surface area (Å²) in [5, 5.41) is 14.0. The number of aryl methyl sites for hydroxylation is 2. The molecular formula is C18H16N6O. The Hall–Kier alpha value is -3.53. The number of hydrogen-bond acceptors (Lipinski definition) is 5. The zero-order valence-corrected chi connectivity index (χ0v) is 13.8. The number of benzene rings is 1. The molecule has 124 valence electrons. The second-order valence-corrected chi connectivity index (χ2v) is 5.91. The molecule has 0 radical (unpaired) electrons. The van der Waals surface area contributed by atoms with Crippen LogP contribution in [-0.4, -0.2) is 19.3 Å². The number of nitrogens with two attached hydrogens (primary N) is 1. The molecule has 1 aromatic carbocycles. The van der Waals surface area contributed by atoms with Gasteiger partial charge in [0.05, 0.1) is 23.5 Å². The third kappa shape index (κ3) is 2.27. The third-order valence-electron chi connectivity index (χ3n) is 4.41. The summed E-state index contributed by atoms with van der Waals surface area (Å²) in [7, 11) is 1.80. The van der Waals surface area contributed by atoms with Crippen molar-refractivity contribution in [3.63, 3.8) is 0 Å². The number of nitrogens with zero attached hydrogens (tertiary/aromatic N) is 5. The van der Waals surface area contributed by atoms with E-state index in [1.807, 2.05) is 42.0 Å². The number of allylic oxidation sites excluding steroid dienone is 1. The van der Waals surface area contributed by atoms with Gasteiger partial charge in [0, 0.05) is 25.1 Å². The number of hydrogen-bond donors (Lipinski definition) is 1. The van der Waals surface area contributed by atoms with Crippen LogP contribution in [-0.2, 0) is 7.05 Å². The Morgan fingerprint density at radius 3 is 2.68 bits per heavy atom. The van der Waals surface area contributed by atoms with Gasteiger partial charge in [0.15, 0.2) is 0 Å². The van der Waals surface area contributed by atoms with E-state index in [2.05, 4.69) is 16.2 Å². The molecule has 0 aliphatic carbocycles. The zero-order chi connectivity index (χ0) is 17.6. The molecule has 0 amide bonds. The minimum absolute atomic E-state index is 0.127. The van der Waals surface area contributed by atoms with Crippen molar-refractivity contribution in [3.8, 4) is 17.6 Å². The van der Waals surface area contributed by atoms with Crippen LogP contribution in [0, 0.1) is 18.3 Å². The molecule has 2 N–H and O–H groups in total. The van der Waals surface area contributed by atoms with Gasteiger partial charge in [-0.15, -0.1) is 0 Å². The average molecular weight is 332 g/mol. The first-order valence-electron chi connectivity index (χ1n) is 7.79. The number of aromatic nitrogens is 4. The summed E-state index contributed by atoms with van der Waals surface area (Å²) in [6.07, 6.45) is 5.35. The quantitative estimate of drug-likeness (QED) is 0.776. The molecule has 2 aromatic heterocycles. The minimum Gasteiger partial charge on any atom is -0.422 e. The molecule has 1 unspecified atom stereocenters. The average Bonchev–Trinajstić information content (AvgIpc) is 3.23. The van der Waals surface area contributed by atoms with E-state index in [-0.39, 0.29) is 11.8 Å². The van der Waals surface area contributed by atoms with Crippen LogP contribution in [0.4, 0.5) is 0 Å². The Balaban J connectivity index is 1.85. The van der Waals surface area contributed by atoms with Gasteiger partial charge < -0.3 is 15.0 Å². The molecule has 3 heterocycles. The molecule has 0 saturated carbocycles. The van der Waals surface area contributed by atoms with Gasteiger partial charge in [-0.3, -0.25) is 0 Å². The molecule has 0 bridgehead atoms. The molecule has 7 nitrogen and oxygen atoms in total. The highest BCUT2D eigenvalue weighted by molar-refractivity contribution is 5.56. The predicted octanol–water partition coefficient (Wildman–Crippen LogP) is 2.13. The standard InChI is InChI=1S/C18H16N6O/c1-11-15-16(14(9-19)17(20)25-18(15)23(2)22-11)12-3-5-13(6-4-12)24-8-7-21-10-24/h3-8,10,16H,20H2,1-2H3. The van der Waals surface area contributed by atoms with Crippen molar-refractivity contribution in [2.75, 3.05) is 0 Å². The van der Waals surface area contributed by atoms with Gasteiger partial charge in [-0.05, 0) is 24.6 Å². The van der Waals surface area contributed by atoms with Gasteiger partial charge in [-0.2, -0.15) is 10.4 Å². The van der Waals surface area contributed by atoms with Crippen LogP contribution in [0.2, 0.25) is 0 Å². The van der Waals surface area contributed by atoms with Crippen LogP contribution >= 0.6 is 0 Å². The van der Waals surface area contributed by atoms with Gasteiger partial charge in [0.1, 0.15) is 11.6 Å². The summed E-state index contributed by atoms with van der Waals surface area (Å²) >= 11 is 0. The molecule has 1 aliphatic rings. The molecule has 3 aromatic rings. The number of nitriles is 1. The van der Waals surface area contributed by atoms with E-state index in [1.54, 1.807) is 24.3 Å².